The number of hydrogen-bond donors (Lipinski definition) is 1. The Hall–Kier alpha value is -0.120. The maximum Gasteiger partial charge on any atom is 0.0572 e. The van der Waals surface area contributed by atoms with Crippen molar-refractivity contribution >= 4 is 0 Å². The van der Waals surface area contributed by atoms with Crippen LogP contribution in [0.25, 0.3) is 0 Å². The smallest absolute Gasteiger partial charge is 0.0572 e. The molecule has 0 spiro atoms. The molecule has 50 valence electrons. The van der Waals surface area contributed by atoms with E-state index in [1.807, 2.05) is 31.2 Å². The van der Waals surface area contributed by atoms with E-state index < -0.39 is 0 Å². The Labute approximate surface area is 50.5 Å². The first-order chi connectivity index (χ1) is 3.68. The molecule has 0 radical (unpaired) electrons. The van der Waals surface area contributed by atoms with Crippen molar-refractivity contribution < 1.29 is 5.11 Å². The third-order valence-corrected chi connectivity index (χ3v) is 1.11. The molecule has 0 saturated carbocycles. The first kappa shape index (κ1) is 7.88. The van der Waals surface area contributed by atoms with Crippen molar-refractivity contribution in [3.05, 3.63) is 0 Å². The standard InChI is InChI=1S/C5H14N2O/c1-6(2)7(3)4-5-8/h8H,4-5H2,1-3H3. The highest BCUT2D eigenvalue weighted by atomic mass is 16.3. The first-order valence-corrected chi connectivity index (χ1v) is 2.67. The van der Waals surface area contributed by atoms with Crippen LogP contribution >= 0.6 is 0 Å². The van der Waals surface area contributed by atoms with Gasteiger partial charge in [0.15, 0.2) is 0 Å². The predicted molar refractivity (Wildman–Crippen MR) is 33.4 cm³/mol. The maximum atomic E-state index is 8.42. The third-order valence-electron chi connectivity index (χ3n) is 1.11. The minimum absolute atomic E-state index is 0.217. The van der Waals surface area contributed by atoms with Gasteiger partial charge in [-0.3, -0.25) is 0 Å². The molecular formula is C5H14N2O. The molecule has 0 rings (SSSR count). The lowest BCUT2D eigenvalue weighted by Gasteiger charge is -2.22. The zero-order valence-electron chi connectivity index (χ0n) is 5.76. The van der Waals surface area contributed by atoms with E-state index in [1.54, 1.807) is 0 Å². The van der Waals surface area contributed by atoms with Crippen LogP contribution in [0.1, 0.15) is 0 Å². The number of aliphatic hydroxyl groups excluding tert-OH is 1. The van der Waals surface area contributed by atoms with Crippen molar-refractivity contribution in [2.24, 2.45) is 0 Å². The number of hydrazine groups is 1. The number of rotatable bonds is 3. The molecule has 0 heterocycles. The lowest BCUT2D eigenvalue weighted by atomic mass is 10.7. The van der Waals surface area contributed by atoms with Gasteiger partial charge < -0.3 is 5.11 Å². The Bertz CT molecular complexity index is 56.4. The summed E-state index contributed by atoms with van der Waals surface area (Å²) in [6.07, 6.45) is 0. The zero-order valence-corrected chi connectivity index (χ0v) is 5.76. The van der Waals surface area contributed by atoms with Crippen LogP contribution in [-0.4, -0.2) is 49.4 Å². The van der Waals surface area contributed by atoms with Gasteiger partial charge >= 0.3 is 0 Å². The molecule has 0 aliphatic rings. The molecule has 3 heteroatoms. The van der Waals surface area contributed by atoms with Gasteiger partial charge in [0.1, 0.15) is 0 Å². The second-order valence-corrected chi connectivity index (χ2v) is 1.95. The largest absolute Gasteiger partial charge is 0.395 e. The molecule has 0 fully saturated rings. The number of nitrogens with zero attached hydrogens (tertiary/aromatic N) is 2. The van der Waals surface area contributed by atoms with E-state index >= 15 is 0 Å². The van der Waals surface area contributed by atoms with E-state index in [4.69, 9.17) is 5.11 Å². The third kappa shape index (κ3) is 2.96. The van der Waals surface area contributed by atoms with Gasteiger partial charge in [-0.25, -0.2) is 10.0 Å². The highest BCUT2D eigenvalue weighted by Crippen LogP contribution is 1.81. The second kappa shape index (κ2) is 3.83. The maximum absolute atomic E-state index is 8.42. The molecule has 0 aromatic rings. The van der Waals surface area contributed by atoms with Crippen LogP contribution in [0.3, 0.4) is 0 Å². The van der Waals surface area contributed by atoms with Crippen LogP contribution in [0.15, 0.2) is 0 Å². The van der Waals surface area contributed by atoms with Crippen molar-refractivity contribution in [3.63, 3.8) is 0 Å². The summed E-state index contributed by atoms with van der Waals surface area (Å²) in [4.78, 5) is 0. The molecule has 0 saturated heterocycles. The monoisotopic (exact) mass is 118 g/mol. The van der Waals surface area contributed by atoms with Gasteiger partial charge in [-0.15, -0.1) is 0 Å². The molecule has 0 aliphatic heterocycles. The molecule has 3 nitrogen and oxygen atoms in total. The lowest BCUT2D eigenvalue weighted by Crippen LogP contribution is -2.35. The molecule has 0 amide bonds. The van der Waals surface area contributed by atoms with Crippen molar-refractivity contribution in [3.8, 4) is 0 Å². The molecular weight excluding hydrogens is 104 g/mol. The minimum atomic E-state index is 0.217. The van der Waals surface area contributed by atoms with Crippen LogP contribution in [0.4, 0.5) is 0 Å². The van der Waals surface area contributed by atoms with Crippen LogP contribution < -0.4 is 0 Å². The summed E-state index contributed by atoms with van der Waals surface area (Å²) in [6, 6.07) is 0. The van der Waals surface area contributed by atoms with Crippen molar-refractivity contribution in [2.75, 3.05) is 34.3 Å². The van der Waals surface area contributed by atoms with Crippen LogP contribution in [0.5, 0.6) is 0 Å². The Kier molecular flexibility index (Phi) is 3.77. The molecule has 0 bridgehead atoms. The van der Waals surface area contributed by atoms with Gasteiger partial charge in [-0.2, -0.15) is 0 Å². The number of hydrogen-bond acceptors (Lipinski definition) is 3. The zero-order chi connectivity index (χ0) is 6.57. The van der Waals surface area contributed by atoms with Gasteiger partial charge in [0.05, 0.1) is 6.61 Å². The second-order valence-electron chi connectivity index (χ2n) is 1.95. The summed E-state index contributed by atoms with van der Waals surface area (Å²) in [6.45, 7) is 0.918. The van der Waals surface area contributed by atoms with Crippen LogP contribution in [0, 0.1) is 0 Å². The van der Waals surface area contributed by atoms with Crippen LogP contribution in [0.2, 0.25) is 0 Å². The first-order valence-electron chi connectivity index (χ1n) is 2.67. The van der Waals surface area contributed by atoms with Gasteiger partial charge in [0.2, 0.25) is 0 Å². The van der Waals surface area contributed by atoms with E-state index in [1.165, 1.54) is 0 Å². The quantitative estimate of drug-likeness (QED) is 0.501. The van der Waals surface area contributed by atoms with Gasteiger partial charge in [0, 0.05) is 27.7 Å². The van der Waals surface area contributed by atoms with Crippen molar-refractivity contribution in [2.45, 2.75) is 0 Å². The average molecular weight is 118 g/mol. The topological polar surface area (TPSA) is 26.7 Å². The summed E-state index contributed by atoms with van der Waals surface area (Å²) in [5.74, 6) is 0. The Morgan fingerprint density at radius 3 is 1.88 bits per heavy atom. The SMILES string of the molecule is CN(C)N(C)CCO. The number of likely N-dealkylation sites (N-methyl/N-ethyl adjacent to an activating group) is 1. The summed E-state index contributed by atoms with van der Waals surface area (Å²) < 4.78 is 0. The molecule has 0 aromatic carbocycles. The van der Waals surface area contributed by atoms with E-state index in [2.05, 4.69) is 0 Å². The normalized spacial score (nSPS) is 11.2. The summed E-state index contributed by atoms with van der Waals surface area (Å²) >= 11 is 0. The Balaban J connectivity index is 3.17. The fraction of sp³-hybridized carbons (Fsp3) is 1.00. The molecule has 1 N–H and O–H groups in total. The minimum Gasteiger partial charge on any atom is -0.395 e. The molecule has 0 unspecified atom stereocenters. The number of aliphatic hydroxyl groups is 1. The summed E-state index contributed by atoms with van der Waals surface area (Å²) in [5.41, 5.74) is 0. The summed E-state index contributed by atoms with van der Waals surface area (Å²) in [5, 5.41) is 12.3. The van der Waals surface area contributed by atoms with Gasteiger partial charge in [0.25, 0.3) is 0 Å². The average Bonchev–Trinajstić information content (AvgIpc) is 1.67. The lowest BCUT2D eigenvalue weighted by molar-refractivity contribution is 0.0385. The van der Waals surface area contributed by atoms with Gasteiger partial charge in [-0.05, 0) is 0 Å². The fourth-order valence-electron chi connectivity index (χ4n) is 0.345. The highest BCUT2D eigenvalue weighted by molar-refractivity contribution is 4.38. The Morgan fingerprint density at radius 2 is 1.75 bits per heavy atom. The highest BCUT2D eigenvalue weighted by Gasteiger charge is 1.95. The van der Waals surface area contributed by atoms with E-state index in [0.717, 1.165) is 0 Å². The predicted octanol–water partition coefficient (Wildman–Crippen LogP) is -0.613. The van der Waals surface area contributed by atoms with E-state index in [0.29, 0.717) is 6.54 Å². The molecule has 0 aromatic heterocycles. The van der Waals surface area contributed by atoms with Gasteiger partial charge in [-0.1, -0.05) is 0 Å². The fourth-order valence-corrected chi connectivity index (χ4v) is 0.345. The Morgan fingerprint density at radius 1 is 1.25 bits per heavy atom. The van der Waals surface area contributed by atoms with E-state index in [-0.39, 0.29) is 6.61 Å². The van der Waals surface area contributed by atoms with Crippen molar-refractivity contribution in [1.82, 2.24) is 10.0 Å². The molecule has 0 aliphatic carbocycles. The molecule has 8 heavy (non-hydrogen) atoms. The van der Waals surface area contributed by atoms with Crippen molar-refractivity contribution in [1.29, 1.82) is 0 Å². The summed E-state index contributed by atoms with van der Waals surface area (Å²) in [7, 11) is 5.81. The van der Waals surface area contributed by atoms with Crippen LogP contribution in [-0.2, 0) is 0 Å². The molecule has 0 atom stereocenters. The van der Waals surface area contributed by atoms with E-state index in [9.17, 15) is 0 Å².